The van der Waals surface area contributed by atoms with Crippen LogP contribution in [0.4, 0.5) is 17.1 Å². The first-order chi connectivity index (χ1) is 29.5. The average molecular weight is 784 g/mol. The van der Waals surface area contributed by atoms with E-state index in [0.29, 0.717) is 0 Å². The van der Waals surface area contributed by atoms with Crippen LogP contribution in [-0.4, -0.2) is 0 Å². The van der Waals surface area contributed by atoms with Gasteiger partial charge in [-0.1, -0.05) is 183 Å². The van der Waals surface area contributed by atoms with Crippen LogP contribution in [0.15, 0.2) is 222 Å². The van der Waals surface area contributed by atoms with E-state index in [0.717, 1.165) is 17.1 Å². The van der Waals surface area contributed by atoms with Gasteiger partial charge in [0.05, 0.1) is 5.41 Å². The zero-order valence-corrected chi connectivity index (χ0v) is 34.4. The molecule has 60 heavy (non-hydrogen) atoms. The average Bonchev–Trinajstić information content (AvgIpc) is 3.72. The minimum atomic E-state index is -0.477. The van der Waals surface area contributed by atoms with Gasteiger partial charge in [-0.3, -0.25) is 0 Å². The van der Waals surface area contributed by atoms with Crippen LogP contribution in [0.3, 0.4) is 0 Å². The van der Waals surface area contributed by atoms with Gasteiger partial charge in [0.15, 0.2) is 0 Å². The molecule has 0 radical (unpaired) electrons. The highest BCUT2D eigenvalue weighted by molar-refractivity contribution is 7.99. The van der Waals surface area contributed by atoms with Crippen molar-refractivity contribution >= 4 is 28.8 Å². The number of hydrogen-bond acceptors (Lipinski definition) is 2. The highest BCUT2D eigenvalue weighted by Crippen LogP contribution is 2.63. The highest BCUT2D eigenvalue weighted by Gasteiger charge is 2.50. The maximum Gasteiger partial charge on any atom is 0.0736 e. The Morgan fingerprint density at radius 2 is 0.750 bits per heavy atom. The monoisotopic (exact) mass is 783 g/mol. The molecule has 0 fully saturated rings. The van der Waals surface area contributed by atoms with Crippen LogP contribution in [0.5, 0.6) is 0 Å². The van der Waals surface area contributed by atoms with E-state index in [1.807, 2.05) is 11.8 Å². The van der Waals surface area contributed by atoms with Crippen LogP contribution in [-0.2, 0) is 10.8 Å². The Bertz CT molecular complexity index is 3060. The van der Waals surface area contributed by atoms with Gasteiger partial charge in [-0.05, 0) is 132 Å². The largest absolute Gasteiger partial charge is 0.310 e. The summed E-state index contributed by atoms with van der Waals surface area (Å²) in [4.78, 5) is 5.14. The lowest BCUT2D eigenvalue weighted by molar-refractivity contribution is 0.660. The molecular weight excluding hydrogens is 743 g/mol. The second-order valence-corrected chi connectivity index (χ2v) is 17.9. The van der Waals surface area contributed by atoms with Crippen molar-refractivity contribution in [1.82, 2.24) is 0 Å². The Morgan fingerprint density at radius 3 is 1.33 bits per heavy atom. The van der Waals surface area contributed by atoms with Gasteiger partial charge in [-0.2, -0.15) is 0 Å². The van der Waals surface area contributed by atoms with Crippen molar-refractivity contribution in [2.75, 3.05) is 4.90 Å². The Morgan fingerprint density at radius 1 is 0.317 bits per heavy atom. The van der Waals surface area contributed by atoms with Crippen LogP contribution in [0.1, 0.15) is 47.2 Å². The van der Waals surface area contributed by atoms with Crippen LogP contribution < -0.4 is 4.90 Å². The number of benzene rings is 9. The molecule has 9 aromatic carbocycles. The lowest BCUT2D eigenvalue weighted by Crippen LogP contribution is -2.32. The normalized spacial score (nSPS) is 14.4. The lowest BCUT2D eigenvalue weighted by Gasteiger charge is -2.40. The fourth-order valence-electron chi connectivity index (χ4n) is 10.6. The first-order valence-electron chi connectivity index (χ1n) is 20.9. The summed E-state index contributed by atoms with van der Waals surface area (Å²) in [5.74, 6) is 0. The Labute approximate surface area is 356 Å². The summed E-state index contributed by atoms with van der Waals surface area (Å²) in [7, 11) is 0. The molecule has 0 bridgehead atoms. The Kier molecular flexibility index (Phi) is 7.80. The van der Waals surface area contributed by atoms with E-state index < -0.39 is 5.41 Å². The molecule has 284 valence electrons. The second-order valence-electron chi connectivity index (χ2n) is 16.9. The van der Waals surface area contributed by atoms with Crippen LogP contribution >= 0.6 is 11.8 Å². The fourth-order valence-corrected chi connectivity index (χ4v) is 11.8. The SMILES string of the molecule is CC1(C)c2ccccc2-c2ccc(N(c3cc(-c4ccccc4)cc(-c4ccccc4)c3)c3ccc4c(c3)C3(c5ccccc5Sc5ccccc53)c3ccccc3-4)cc21. The summed E-state index contributed by atoms with van der Waals surface area (Å²) >= 11 is 1.89. The molecule has 0 unspecified atom stereocenters. The molecule has 12 rings (SSSR count). The Hall–Kier alpha value is -6.87. The molecule has 1 spiro atoms. The first-order valence-corrected chi connectivity index (χ1v) is 21.7. The van der Waals surface area contributed by atoms with Crippen LogP contribution in [0, 0.1) is 0 Å². The van der Waals surface area contributed by atoms with Gasteiger partial charge in [0.25, 0.3) is 0 Å². The van der Waals surface area contributed by atoms with Gasteiger partial charge in [-0.15, -0.1) is 0 Å². The van der Waals surface area contributed by atoms with Gasteiger partial charge in [0.2, 0.25) is 0 Å². The molecule has 0 saturated heterocycles. The quantitative estimate of drug-likeness (QED) is 0.171. The van der Waals surface area contributed by atoms with Crippen molar-refractivity contribution < 1.29 is 0 Å². The minimum absolute atomic E-state index is 0.147. The van der Waals surface area contributed by atoms with Gasteiger partial charge in [0.1, 0.15) is 0 Å². The van der Waals surface area contributed by atoms with E-state index in [1.165, 1.54) is 87.7 Å². The van der Waals surface area contributed by atoms with Crippen molar-refractivity contribution in [3.63, 3.8) is 0 Å². The number of rotatable bonds is 5. The second kappa shape index (κ2) is 13.3. The number of fused-ring (bicyclic) bond motifs is 12. The summed E-state index contributed by atoms with van der Waals surface area (Å²) in [6, 6.07) is 79.4. The number of nitrogens with zero attached hydrogens (tertiary/aromatic N) is 1. The smallest absolute Gasteiger partial charge is 0.0736 e. The zero-order valence-electron chi connectivity index (χ0n) is 33.6. The van der Waals surface area contributed by atoms with Gasteiger partial charge in [0, 0.05) is 32.3 Å². The molecule has 3 aliphatic rings. The molecule has 1 aliphatic heterocycles. The molecule has 1 heterocycles. The molecule has 0 aromatic heterocycles. The first kappa shape index (κ1) is 35.1. The van der Waals surface area contributed by atoms with E-state index in [1.54, 1.807) is 0 Å². The maximum atomic E-state index is 2.52. The fraction of sp³-hybridized carbons (Fsp3) is 0.0690. The highest BCUT2D eigenvalue weighted by atomic mass is 32.2. The van der Waals surface area contributed by atoms with Crippen molar-refractivity contribution in [2.24, 2.45) is 0 Å². The topological polar surface area (TPSA) is 3.24 Å². The standard InChI is InChI=1S/C58H41NS/c1-57(2)49-23-11-9-21-45(49)47-31-29-42(36-53(47)57)59(44-34-40(38-17-5-3-6-18-38)33-41(35-44)39-19-7-4-8-20-39)43-30-32-48-46-22-10-12-24-50(46)58(54(48)37-43)51-25-13-15-27-55(51)60-56-28-16-14-26-52(56)58/h3-37H,1-2H3. The summed E-state index contributed by atoms with van der Waals surface area (Å²) in [6.45, 7) is 4.75. The molecule has 9 aromatic rings. The number of hydrogen-bond donors (Lipinski definition) is 0. The van der Waals surface area contributed by atoms with Gasteiger partial charge in [-0.25, -0.2) is 0 Å². The third-order valence-electron chi connectivity index (χ3n) is 13.3. The molecule has 2 heteroatoms. The van der Waals surface area contributed by atoms with Crippen LogP contribution in [0.2, 0.25) is 0 Å². The van der Waals surface area contributed by atoms with Crippen LogP contribution in [0.25, 0.3) is 44.5 Å². The zero-order chi connectivity index (χ0) is 40.0. The van der Waals surface area contributed by atoms with Gasteiger partial charge < -0.3 is 4.90 Å². The third-order valence-corrected chi connectivity index (χ3v) is 14.5. The van der Waals surface area contributed by atoms with Crippen molar-refractivity contribution in [3.05, 3.63) is 246 Å². The van der Waals surface area contributed by atoms with E-state index >= 15 is 0 Å². The molecule has 0 N–H and O–H groups in total. The van der Waals surface area contributed by atoms with E-state index in [-0.39, 0.29) is 5.41 Å². The van der Waals surface area contributed by atoms with E-state index in [4.69, 9.17) is 0 Å². The Balaban J connectivity index is 1.15. The summed E-state index contributed by atoms with van der Waals surface area (Å²) in [5.41, 5.74) is 20.9. The van der Waals surface area contributed by atoms with Crippen molar-refractivity contribution in [1.29, 1.82) is 0 Å². The molecular formula is C58H41NS. The van der Waals surface area contributed by atoms with Crippen molar-refractivity contribution in [3.8, 4) is 44.5 Å². The third kappa shape index (κ3) is 5.07. The molecule has 2 aliphatic carbocycles. The molecule has 1 nitrogen and oxygen atoms in total. The summed E-state index contributed by atoms with van der Waals surface area (Å²) < 4.78 is 0. The molecule has 0 saturated carbocycles. The maximum absolute atomic E-state index is 2.52. The lowest BCUT2D eigenvalue weighted by atomic mass is 9.67. The van der Waals surface area contributed by atoms with E-state index in [2.05, 4.69) is 231 Å². The van der Waals surface area contributed by atoms with E-state index in [9.17, 15) is 0 Å². The predicted molar refractivity (Wildman–Crippen MR) is 251 cm³/mol. The number of anilines is 3. The molecule has 0 atom stereocenters. The van der Waals surface area contributed by atoms with Crippen molar-refractivity contribution in [2.45, 2.75) is 34.5 Å². The summed E-state index contributed by atoms with van der Waals surface area (Å²) in [5, 5.41) is 0. The van der Waals surface area contributed by atoms with Gasteiger partial charge >= 0.3 is 0 Å². The summed E-state index contributed by atoms with van der Waals surface area (Å²) in [6.07, 6.45) is 0. The predicted octanol–water partition coefficient (Wildman–Crippen LogP) is 15.6. The minimum Gasteiger partial charge on any atom is -0.310 e. The molecule has 0 amide bonds.